The summed E-state index contributed by atoms with van der Waals surface area (Å²) in [6, 6.07) is 3.26. The van der Waals surface area contributed by atoms with E-state index in [1.807, 2.05) is 0 Å². The normalized spacial score (nSPS) is 9.83. The zero-order chi connectivity index (χ0) is 13.9. The minimum atomic E-state index is -0.726. The molecule has 0 fully saturated rings. The summed E-state index contributed by atoms with van der Waals surface area (Å²) >= 11 is 4.59. The van der Waals surface area contributed by atoms with Crippen LogP contribution in [0.4, 0.5) is 11.4 Å². The van der Waals surface area contributed by atoms with Gasteiger partial charge in [0, 0.05) is 6.07 Å². The molecule has 0 saturated carbocycles. The third-order valence-corrected chi connectivity index (χ3v) is 2.33. The molecule has 0 saturated heterocycles. The van der Waals surface area contributed by atoms with Gasteiger partial charge in [0.25, 0.3) is 11.4 Å². The van der Waals surface area contributed by atoms with Gasteiger partial charge in [0.15, 0.2) is 5.11 Å². The van der Waals surface area contributed by atoms with E-state index >= 15 is 0 Å². The van der Waals surface area contributed by atoms with Gasteiger partial charge in [-0.05, 0) is 18.3 Å². The molecule has 10 heteroatoms. The van der Waals surface area contributed by atoms with Crippen LogP contribution in [0.25, 0.3) is 0 Å². The first-order valence-corrected chi connectivity index (χ1v) is 4.97. The van der Waals surface area contributed by atoms with Gasteiger partial charge in [-0.3, -0.25) is 25.2 Å². The third-order valence-electron chi connectivity index (χ3n) is 2.10. The molecule has 0 aromatic heterocycles. The molecule has 9 nitrogen and oxygen atoms in total. The van der Waals surface area contributed by atoms with E-state index in [1.54, 1.807) is 0 Å². The molecule has 0 amide bonds. The number of benzene rings is 1. The van der Waals surface area contributed by atoms with Gasteiger partial charge in [0.05, 0.1) is 28.0 Å². The largest absolute Gasteiger partial charge is 0.375 e. The number of nitrogens with two attached hydrogens (primary N) is 2. The van der Waals surface area contributed by atoms with Crippen LogP contribution in [-0.2, 0) is 6.54 Å². The van der Waals surface area contributed by atoms with Gasteiger partial charge >= 0.3 is 0 Å². The molecule has 0 aliphatic rings. The van der Waals surface area contributed by atoms with E-state index in [2.05, 4.69) is 12.2 Å². The Kier molecular flexibility index (Phi) is 4.07. The van der Waals surface area contributed by atoms with Crippen molar-refractivity contribution >= 4 is 28.7 Å². The fourth-order valence-corrected chi connectivity index (χ4v) is 1.30. The minimum absolute atomic E-state index is 0.107. The summed E-state index contributed by atoms with van der Waals surface area (Å²) in [4.78, 5) is 19.9. The Hall–Kier alpha value is -2.33. The van der Waals surface area contributed by atoms with Crippen molar-refractivity contribution in [1.82, 2.24) is 5.01 Å². The van der Waals surface area contributed by atoms with Crippen LogP contribution >= 0.6 is 12.2 Å². The molecule has 1 aromatic rings. The monoisotopic (exact) mass is 271 g/mol. The first kappa shape index (κ1) is 13.7. The number of nitrogens with zero attached hydrogens (tertiary/aromatic N) is 3. The second kappa shape index (κ2) is 5.33. The highest BCUT2D eigenvalue weighted by Crippen LogP contribution is 2.25. The fourth-order valence-electron chi connectivity index (χ4n) is 1.23. The van der Waals surface area contributed by atoms with E-state index in [1.165, 1.54) is 6.07 Å². The highest BCUT2D eigenvalue weighted by atomic mass is 32.1. The average molecular weight is 271 g/mol. The number of nitro benzene ring substituents is 2. The van der Waals surface area contributed by atoms with Gasteiger partial charge in [0.1, 0.15) is 0 Å². The molecule has 0 spiro atoms. The average Bonchev–Trinajstić information content (AvgIpc) is 2.28. The van der Waals surface area contributed by atoms with Gasteiger partial charge in [-0.15, -0.1) is 0 Å². The Bertz CT molecular complexity index is 520. The number of rotatable bonds is 4. The smallest absolute Gasteiger partial charge is 0.281 e. The Morgan fingerprint density at radius 1 is 1.33 bits per heavy atom. The Morgan fingerprint density at radius 2 is 1.94 bits per heavy atom. The predicted molar refractivity (Wildman–Crippen MR) is 66.3 cm³/mol. The van der Waals surface area contributed by atoms with Gasteiger partial charge < -0.3 is 5.73 Å². The van der Waals surface area contributed by atoms with Crippen LogP contribution < -0.4 is 11.6 Å². The molecule has 0 radical (unpaired) electrons. The summed E-state index contributed by atoms with van der Waals surface area (Å²) in [5.74, 6) is 5.43. The zero-order valence-corrected chi connectivity index (χ0v) is 9.79. The van der Waals surface area contributed by atoms with E-state index in [0.29, 0.717) is 0 Å². The highest BCUT2D eigenvalue weighted by molar-refractivity contribution is 7.80. The lowest BCUT2D eigenvalue weighted by Crippen LogP contribution is -2.40. The first-order chi connectivity index (χ1) is 8.32. The summed E-state index contributed by atoms with van der Waals surface area (Å²) < 4.78 is 0. The fraction of sp³-hybridized carbons (Fsp3) is 0.125. The van der Waals surface area contributed by atoms with Crippen molar-refractivity contribution < 1.29 is 9.85 Å². The number of nitro groups is 2. The van der Waals surface area contributed by atoms with Crippen LogP contribution in [0.1, 0.15) is 5.56 Å². The maximum atomic E-state index is 10.8. The molecular formula is C8H9N5O4S. The molecule has 1 aromatic carbocycles. The van der Waals surface area contributed by atoms with Crippen LogP contribution in [0, 0.1) is 20.2 Å². The maximum Gasteiger partial charge on any atom is 0.281 e. The maximum absolute atomic E-state index is 10.8. The Balaban J connectivity index is 3.16. The van der Waals surface area contributed by atoms with E-state index < -0.39 is 15.5 Å². The molecule has 0 unspecified atom stereocenters. The van der Waals surface area contributed by atoms with E-state index in [-0.39, 0.29) is 22.9 Å². The third kappa shape index (κ3) is 3.09. The molecular weight excluding hydrogens is 262 g/mol. The number of hydrogen-bond acceptors (Lipinski definition) is 6. The lowest BCUT2D eigenvalue weighted by atomic mass is 10.1. The van der Waals surface area contributed by atoms with Gasteiger partial charge in [-0.25, -0.2) is 5.84 Å². The topological polar surface area (TPSA) is 142 Å². The van der Waals surface area contributed by atoms with Crippen molar-refractivity contribution in [1.29, 1.82) is 0 Å². The number of thiocarbonyl (C=S) groups is 1. The highest BCUT2D eigenvalue weighted by Gasteiger charge is 2.20. The van der Waals surface area contributed by atoms with Crippen LogP contribution in [-0.4, -0.2) is 20.0 Å². The van der Waals surface area contributed by atoms with Gasteiger partial charge in [-0.2, -0.15) is 0 Å². The minimum Gasteiger partial charge on any atom is -0.375 e. The van der Waals surface area contributed by atoms with Crippen molar-refractivity contribution in [2.45, 2.75) is 6.54 Å². The molecule has 0 heterocycles. The van der Waals surface area contributed by atoms with Crippen molar-refractivity contribution in [3.05, 3.63) is 44.0 Å². The molecule has 4 N–H and O–H groups in total. The molecule has 96 valence electrons. The summed E-state index contributed by atoms with van der Waals surface area (Å²) in [7, 11) is 0. The molecule has 0 aliphatic heterocycles. The van der Waals surface area contributed by atoms with E-state index in [4.69, 9.17) is 11.6 Å². The molecule has 18 heavy (non-hydrogen) atoms. The summed E-state index contributed by atoms with van der Waals surface area (Å²) in [6.45, 7) is -0.107. The summed E-state index contributed by atoms with van der Waals surface area (Å²) in [5, 5.41) is 22.1. The Morgan fingerprint density at radius 3 is 2.39 bits per heavy atom. The lowest BCUT2D eigenvalue weighted by Gasteiger charge is -2.15. The van der Waals surface area contributed by atoms with Crippen LogP contribution in [0.15, 0.2) is 18.2 Å². The van der Waals surface area contributed by atoms with Crippen LogP contribution in [0.3, 0.4) is 0 Å². The molecule has 0 atom stereocenters. The van der Waals surface area contributed by atoms with Gasteiger partial charge in [0.2, 0.25) is 0 Å². The first-order valence-electron chi connectivity index (χ1n) is 4.56. The van der Waals surface area contributed by atoms with Crippen LogP contribution in [0.2, 0.25) is 0 Å². The molecule has 0 bridgehead atoms. The molecule has 0 aliphatic carbocycles. The summed E-state index contributed by atoms with van der Waals surface area (Å²) in [5.41, 5.74) is 4.65. The van der Waals surface area contributed by atoms with Crippen molar-refractivity contribution in [3.63, 3.8) is 0 Å². The Labute approximate surface area is 106 Å². The standard InChI is InChI=1S/C8H9N5O4S/c9-8(18)11(10)4-5-1-2-6(12(14)15)3-7(5)13(16)17/h1-3H,4,10H2,(H2,9,18). The van der Waals surface area contributed by atoms with Crippen molar-refractivity contribution in [2.75, 3.05) is 0 Å². The molecule has 1 rings (SSSR count). The van der Waals surface area contributed by atoms with Crippen molar-refractivity contribution in [3.8, 4) is 0 Å². The number of non-ortho nitro benzene ring substituents is 1. The van der Waals surface area contributed by atoms with E-state index in [0.717, 1.165) is 17.1 Å². The van der Waals surface area contributed by atoms with Crippen LogP contribution in [0.5, 0.6) is 0 Å². The second-order valence-electron chi connectivity index (χ2n) is 3.29. The second-order valence-corrected chi connectivity index (χ2v) is 3.71. The lowest BCUT2D eigenvalue weighted by molar-refractivity contribution is -0.394. The number of hydrazine groups is 1. The van der Waals surface area contributed by atoms with E-state index in [9.17, 15) is 20.2 Å². The quantitative estimate of drug-likeness (QED) is 0.347. The summed E-state index contributed by atoms with van der Waals surface area (Å²) in [6.07, 6.45) is 0. The van der Waals surface area contributed by atoms with Gasteiger partial charge in [-0.1, -0.05) is 0 Å². The number of hydrogen-bond donors (Lipinski definition) is 2. The zero-order valence-electron chi connectivity index (χ0n) is 8.98. The van der Waals surface area contributed by atoms with Crippen molar-refractivity contribution in [2.24, 2.45) is 11.6 Å². The SMILES string of the molecule is NC(=S)N(N)Cc1ccc([N+](=O)[O-])cc1[N+](=O)[O-]. The predicted octanol–water partition coefficient (Wildman–Crippen LogP) is 0.422.